The summed E-state index contributed by atoms with van der Waals surface area (Å²) in [5.74, 6) is -0.146. The van der Waals surface area contributed by atoms with E-state index in [-0.39, 0.29) is 11.8 Å². The molecule has 0 bridgehead atoms. The average Bonchev–Trinajstić information content (AvgIpc) is 2.62. The highest BCUT2D eigenvalue weighted by atomic mass is 19.1. The first kappa shape index (κ1) is 23.0. The highest BCUT2D eigenvalue weighted by Crippen LogP contribution is 2.29. The molecule has 0 aliphatic heterocycles. The molecule has 2 N–H and O–H groups in total. The highest BCUT2D eigenvalue weighted by Gasteiger charge is 2.18. The second kappa shape index (κ2) is 9.47. The Labute approximate surface area is 175 Å². The first-order valence-electron chi connectivity index (χ1n) is 9.44. The van der Waals surface area contributed by atoms with Crippen LogP contribution in [0.2, 0.25) is 0 Å². The minimum atomic E-state index is -0.796. The molecule has 2 aromatic rings. The number of carbonyl (C=O) groups excluding carboxylic acids is 2. The maximum Gasteiger partial charge on any atom is 0.412 e. The van der Waals surface area contributed by atoms with Crippen molar-refractivity contribution >= 4 is 23.4 Å². The van der Waals surface area contributed by atoms with Crippen LogP contribution in [0.15, 0.2) is 36.4 Å². The van der Waals surface area contributed by atoms with Gasteiger partial charge in [-0.1, -0.05) is 0 Å². The molecule has 0 saturated heterocycles. The molecule has 0 atom stereocenters. The van der Waals surface area contributed by atoms with Crippen LogP contribution in [0.25, 0.3) is 0 Å². The molecule has 0 fully saturated rings. The van der Waals surface area contributed by atoms with E-state index in [4.69, 9.17) is 14.2 Å². The lowest BCUT2D eigenvalue weighted by Crippen LogP contribution is -2.27. The molecule has 7 nitrogen and oxygen atoms in total. The van der Waals surface area contributed by atoms with Crippen LogP contribution < -0.4 is 20.1 Å². The van der Waals surface area contributed by atoms with E-state index < -0.39 is 23.4 Å². The summed E-state index contributed by atoms with van der Waals surface area (Å²) in [5.41, 5.74) is -0.208. The zero-order valence-electron chi connectivity index (χ0n) is 18.0. The number of amides is 2. The molecule has 30 heavy (non-hydrogen) atoms. The number of nitrogens with one attached hydrogen (secondary N) is 2. The SMILES string of the molecule is COc1cc(C(=O)Nc2ccc(F)c(NC(=O)OC(C)(C)C)c2)ccc1OC(C)C. The van der Waals surface area contributed by atoms with E-state index in [9.17, 15) is 14.0 Å². The Morgan fingerprint density at radius 3 is 2.30 bits per heavy atom. The van der Waals surface area contributed by atoms with Crippen molar-refractivity contribution in [3.05, 3.63) is 47.8 Å². The zero-order valence-corrected chi connectivity index (χ0v) is 18.0. The maximum atomic E-state index is 14.1. The molecule has 0 unspecified atom stereocenters. The molecule has 2 aromatic carbocycles. The van der Waals surface area contributed by atoms with Crippen molar-refractivity contribution < 1.29 is 28.2 Å². The Morgan fingerprint density at radius 1 is 1.00 bits per heavy atom. The van der Waals surface area contributed by atoms with Crippen LogP contribution in [0, 0.1) is 5.82 Å². The summed E-state index contributed by atoms with van der Waals surface area (Å²) in [4.78, 5) is 24.5. The molecule has 2 rings (SSSR count). The molecule has 2 amide bonds. The van der Waals surface area contributed by atoms with Crippen LogP contribution in [-0.4, -0.2) is 30.8 Å². The lowest BCUT2D eigenvalue weighted by molar-refractivity contribution is 0.0635. The quantitative estimate of drug-likeness (QED) is 0.672. The summed E-state index contributed by atoms with van der Waals surface area (Å²) in [7, 11) is 1.48. The van der Waals surface area contributed by atoms with Gasteiger partial charge in [-0.2, -0.15) is 0 Å². The minimum Gasteiger partial charge on any atom is -0.493 e. The number of carbonyl (C=O) groups is 2. The van der Waals surface area contributed by atoms with Gasteiger partial charge in [0.25, 0.3) is 5.91 Å². The van der Waals surface area contributed by atoms with E-state index in [2.05, 4.69) is 10.6 Å². The Bertz CT molecular complexity index is 922. The second-order valence-corrected chi connectivity index (χ2v) is 7.81. The lowest BCUT2D eigenvalue weighted by atomic mass is 10.1. The van der Waals surface area contributed by atoms with Crippen molar-refractivity contribution in [1.82, 2.24) is 0 Å². The number of methoxy groups -OCH3 is 1. The molecule has 0 aromatic heterocycles. The van der Waals surface area contributed by atoms with E-state index in [0.717, 1.165) is 6.07 Å². The van der Waals surface area contributed by atoms with E-state index in [1.165, 1.54) is 19.2 Å². The number of hydrogen-bond acceptors (Lipinski definition) is 5. The van der Waals surface area contributed by atoms with E-state index in [0.29, 0.717) is 22.7 Å². The highest BCUT2D eigenvalue weighted by molar-refractivity contribution is 6.05. The van der Waals surface area contributed by atoms with Gasteiger partial charge in [0, 0.05) is 11.3 Å². The van der Waals surface area contributed by atoms with Gasteiger partial charge in [-0.05, 0) is 71.0 Å². The first-order valence-corrected chi connectivity index (χ1v) is 9.44. The van der Waals surface area contributed by atoms with Crippen molar-refractivity contribution in [3.8, 4) is 11.5 Å². The largest absolute Gasteiger partial charge is 0.493 e. The molecule has 0 aliphatic rings. The third-order valence-corrected chi connectivity index (χ3v) is 3.65. The number of halogens is 1. The molecule has 0 saturated carbocycles. The monoisotopic (exact) mass is 418 g/mol. The number of ether oxygens (including phenoxy) is 3. The van der Waals surface area contributed by atoms with Gasteiger partial charge < -0.3 is 19.5 Å². The fourth-order valence-corrected chi connectivity index (χ4v) is 2.48. The van der Waals surface area contributed by atoms with Crippen LogP contribution in [0.1, 0.15) is 45.0 Å². The van der Waals surface area contributed by atoms with E-state index in [1.807, 2.05) is 13.8 Å². The number of benzene rings is 2. The molecule has 0 aliphatic carbocycles. The van der Waals surface area contributed by atoms with Gasteiger partial charge in [0.05, 0.1) is 18.9 Å². The molecule has 0 radical (unpaired) electrons. The van der Waals surface area contributed by atoms with Gasteiger partial charge in [-0.25, -0.2) is 9.18 Å². The van der Waals surface area contributed by atoms with Gasteiger partial charge in [-0.15, -0.1) is 0 Å². The van der Waals surface area contributed by atoms with Gasteiger partial charge in [0.1, 0.15) is 11.4 Å². The maximum absolute atomic E-state index is 14.1. The van der Waals surface area contributed by atoms with E-state index in [1.54, 1.807) is 39.0 Å². The van der Waals surface area contributed by atoms with Gasteiger partial charge in [0.2, 0.25) is 0 Å². The molecular weight excluding hydrogens is 391 g/mol. The standard InChI is InChI=1S/C22H27FN2O5/c1-13(2)29-18-10-7-14(11-19(18)28-6)20(26)24-15-8-9-16(23)17(12-15)25-21(27)30-22(3,4)5/h7-13H,1-6H3,(H,24,26)(H,25,27). The van der Waals surface area contributed by atoms with Crippen molar-refractivity contribution in [2.45, 2.75) is 46.3 Å². The third kappa shape index (κ3) is 6.65. The predicted octanol–water partition coefficient (Wildman–Crippen LogP) is 5.22. The first-order chi connectivity index (χ1) is 14.0. The Hall–Kier alpha value is -3.29. The van der Waals surface area contributed by atoms with Crippen molar-refractivity contribution in [2.24, 2.45) is 0 Å². The zero-order chi connectivity index (χ0) is 22.5. The lowest BCUT2D eigenvalue weighted by Gasteiger charge is -2.20. The van der Waals surface area contributed by atoms with Gasteiger partial charge >= 0.3 is 6.09 Å². The second-order valence-electron chi connectivity index (χ2n) is 7.81. The topological polar surface area (TPSA) is 85.9 Å². The summed E-state index contributed by atoms with van der Waals surface area (Å²) >= 11 is 0. The third-order valence-electron chi connectivity index (χ3n) is 3.65. The summed E-state index contributed by atoms with van der Waals surface area (Å²) < 4.78 is 30.1. The summed E-state index contributed by atoms with van der Waals surface area (Å²) in [6.45, 7) is 8.87. The smallest absolute Gasteiger partial charge is 0.412 e. The van der Waals surface area contributed by atoms with Crippen LogP contribution >= 0.6 is 0 Å². The molecule has 162 valence electrons. The van der Waals surface area contributed by atoms with Crippen molar-refractivity contribution in [1.29, 1.82) is 0 Å². The minimum absolute atomic E-state index is 0.0475. The molecule has 0 spiro atoms. The molecule has 8 heteroatoms. The van der Waals surface area contributed by atoms with Gasteiger partial charge in [0.15, 0.2) is 11.5 Å². The summed E-state index contributed by atoms with van der Waals surface area (Å²) in [6, 6.07) is 8.64. The summed E-state index contributed by atoms with van der Waals surface area (Å²) in [5, 5.41) is 5.00. The Morgan fingerprint density at radius 2 is 1.70 bits per heavy atom. The average molecular weight is 418 g/mol. The van der Waals surface area contributed by atoms with Crippen LogP contribution in [0.5, 0.6) is 11.5 Å². The molecular formula is C22H27FN2O5. The van der Waals surface area contributed by atoms with Crippen LogP contribution in [-0.2, 0) is 4.74 Å². The van der Waals surface area contributed by atoms with Crippen molar-refractivity contribution in [2.75, 3.05) is 17.7 Å². The number of anilines is 2. The fourth-order valence-electron chi connectivity index (χ4n) is 2.48. The Balaban J connectivity index is 2.16. The molecule has 0 heterocycles. The van der Waals surface area contributed by atoms with Gasteiger partial charge in [-0.3, -0.25) is 10.1 Å². The van der Waals surface area contributed by atoms with Crippen LogP contribution in [0.3, 0.4) is 0 Å². The van der Waals surface area contributed by atoms with E-state index >= 15 is 0 Å². The number of rotatable bonds is 6. The normalized spacial score (nSPS) is 11.1. The summed E-state index contributed by atoms with van der Waals surface area (Å²) in [6.07, 6.45) is -0.843. The van der Waals surface area contributed by atoms with Crippen molar-refractivity contribution in [3.63, 3.8) is 0 Å². The number of hydrogen-bond donors (Lipinski definition) is 2. The fraction of sp³-hybridized carbons (Fsp3) is 0.364. The Kier molecular flexibility index (Phi) is 7.26. The predicted molar refractivity (Wildman–Crippen MR) is 113 cm³/mol. The van der Waals surface area contributed by atoms with Crippen LogP contribution in [0.4, 0.5) is 20.6 Å².